The second kappa shape index (κ2) is 4.74. The fourth-order valence-corrected chi connectivity index (χ4v) is 2.89. The van der Waals surface area contributed by atoms with Crippen LogP contribution in [0.2, 0.25) is 0 Å². The molecule has 3 heteroatoms. The molecule has 0 aliphatic carbocycles. The Morgan fingerprint density at radius 1 is 1.50 bits per heavy atom. The number of allylic oxidation sites excluding steroid dienone is 1. The first-order valence-corrected chi connectivity index (χ1v) is 6.33. The fourth-order valence-electron chi connectivity index (χ4n) is 1.87. The van der Waals surface area contributed by atoms with Crippen LogP contribution in [0.15, 0.2) is 29.2 Å². The molecule has 1 N–H and O–H groups in total. The number of carboxylic acid groups (broad SMARTS) is 1. The van der Waals surface area contributed by atoms with E-state index < -0.39 is 5.97 Å². The highest BCUT2D eigenvalue weighted by atomic mass is 32.2. The Bertz CT molecular complexity index is 449. The molecule has 1 heterocycles. The van der Waals surface area contributed by atoms with Gasteiger partial charge in [0.15, 0.2) is 0 Å². The SMILES string of the molecule is CC(=CC(=O)O)c1ccc2c(c1)CCCS2. The average molecular weight is 234 g/mol. The summed E-state index contributed by atoms with van der Waals surface area (Å²) in [5.41, 5.74) is 3.18. The fraction of sp³-hybridized carbons (Fsp3) is 0.308. The van der Waals surface area contributed by atoms with E-state index in [0.717, 1.165) is 17.6 Å². The molecular formula is C13H14O2S. The number of carboxylic acids is 1. The van der Waals surface area contributed by atoms with Crippen LogP contribution in [0.5, 0.6) is 0 Å². The molecule has 16 heavy (non-hydrogen) atoms. The topological polar surface area (TPSA) is 37.3 Å². The maximum atomic E-state index is 10.6. The third-order valence-corrected chi connectivity index (χ3v) is 3.91. The highest BCUT2D eigenvalue weighted by molar-refractivity contribution is 7.99. The monoisotopic (exact) mass is 234 g/mol. The molecule has 0 unspecified atom stereocenters. The number of fused-ring (bicyclic) bond motifs is 1. The lowest BCUT2D eigenvalue weighted by Crippen LogP contribution is -1.99. The quantitative estimate of drug-likeness (QED) is 0.798. The minimum absolute atomic E-state index is 0.811. The van der Waals surface area contributed by atoms with E-state index in [4.69, 9.17) is 5.11 Å². The van der Waals surface area contributed by atoms with Crippen molar-refractivity contribution in [1.82, 2.24) is 0 Å². The number of hydrogen-bond acceptors (Lipinski definition) is 2. The Labute approximate surface area is 99.4 Å². The summed E-state index contributed by atoms with van der Waals surface area (Å²) in [5.74, 6) is 0.306. The Morgan fingerprint density at radius 2 is 2.31 bits per heavy atom. The third-order valence-electron chi connectivity index (χ3n) is 2.70. The van der Waals surface area contributed by atoms with Gasteiger partial charge in [0.2, 0.25) is 0 Å². The molecule has 2 rings (SSSR count). The normalized spacial score (nSPS) is 15.7. The Hall–Kier alpha value is -1.22. The molecule has 1 aromatic rings. The van der Waals surface area contributed by atoms with Crippen LogP contribution in [0.3, 0.4) is 0 Å². The zero-order chi connectivity index (χ0) is 11.5. The summed E-state index contributed by atoms with van der Waals surface area (Å²) in [6.07, 6.45) is 3.58. The van der Waals surface area contributed by atoms with Crippen molar-refractivity contribution in [3.05, 3.63) is 35.4 Å². The van der Waals surface area contributed by atoms with Crippen LogP contribution in [0.1, 0.15) is 24.5 Å². The number of carbonyl (C=O) groups is 1. The maximum absolute atomic E-state index is 10.6. The van der Waals surface area contributed by atoms with Gasteiger partial charge in [-0.3, -0.25) is 0 Å². The van der Waals surface area contributed by atoms with Gasteiger partial charge in [0, 0.05) is 11.0 Å². The van der Waals surface area contributed by atoms with Crippen LogP contribution in [-0.4, -0.2) is 16.8 Å². The summed E-state index contributed by atoms with van der Waals surface area (Å²) >= 11 is 1.89. The number of rotatable bonds is 2. The second-order valence-corrected chi connectivity index (χ2v) is 5.08. The van der Waals surface area contributed by atoms with E-state index >= 15 is 0 Å². The van der Waals surface area contributed by atoms with E-state index in [1.165, 1.54) is 28.7 Å². The van der Waals surface area contributed by atoms with Gasteiger partial charge in [0.1, 0.15) is 0 Å². The molecule has 0 radical (unpaired) electrons. The van der Waals surface area contributed by atoms with Crippen LogP contribution in [0, 0.1) is 0 Å². The number of aryl methyl sites for hydroxylation is 1. The zero-order valence-corrected chi connectivity index (χ0v) is 10.0. The Kier molecular flexibility index (Phi) is 3.34. The highest BCUT2D eigenvalue weighted by Crippen LogP contribution is 2.31. The minimum Gasteiger partial charge on any atom is -0.478 e. The molecule has 0 bridgehead atoms. The van der Waals surface area contributed by atoms with Crippen molar-refractivity contribution in [1.29, 1.82) is 0 Å². The molecule has 1 aromatic carbocycles. The zero-order valence-electron chi connectivity index (χ0n) is 9.19. The summed E-state index contributed by atoms with van der Waals surface area (Å²) in [6.45, 7) is 1.84. The Balaban J connectivity index is 2.33. The molecule has 1 aliphatic heterocycles. The first-order valence-electron chi connectivity index (χ1n) is 5.34. The highest BCUT2D eigenvalue weighted by Gasteiger charge is 2.10. The summed E-state index contributed by atoms with van der Waals surface area (Å²) < 4.78 is 0. The van der Waals surface area contributed by atoms with Gasteiger partial charge in [-0.2, -0.15) is 0 Å². The molecule has 0 aromatic heterocycles. The molecule has 84 valence electrons. The standard InChI is InChI=1S/C13H14O2S/c1-9(7-13(14)15)10-4-5-12-11(8-10)3-2-6-16-12/h4-5,7-8H,2-3,6H2,1H3,(H,14,15). The predicted molar refractivity (Wildman–Crippen MR) is 66.8 cm³/mol. The molecular weight excluding hydrogens is 220 g/mol. The van der Waals surface area contributed by atoms with E-state index in [1.807, 2.05) is 24.8 Å². The molecule has 0 saturated carbocycles. The van der Waals surface area contributed by atoms with E-state index in [0.29, 0.717) is 0 Å². The number of thioether (sulfide) groups is 1. The van der Waals surface area contributed by atoms with Crippen molar-refractivity contribution in [2.45, 2.75) is 24.7 Å². The summed E-state index contributed by atoms with van der Waals surface area (Å²) in [6, 6.07) is 6.23. The van der Waals surface area contributed by atoms with Gasteiger partial charge in [0.25, 0.3) is 0 Å². The van der Waals surface area contributed by atoms with Gasteiger partial charge >= 0.3 is 5.97 Å². The maximum Gasteiger partial charge on any atom is 0.328 e. The van der Waals surface area contributed by atoms with Crippen molar-refractivity contribution in [2.24, 2.45) is 0 Å². The lowest BCUT2D eigenvalue weighted by atomic mass is 10.0. The third kappa shape index (κ3) is 2.47. The van der Waals surface area contributed by atoms with Crippen LogP contribution in [0.4, 0.5) is 0 Å². The van der Waals surface area contributed by atoms with Crippen LogP contribution in [0.25, 0.3) is 5.57 Å². The van der Waals surface area contributed by atoms with Gasteiger partial charge in [-0.1, -0.05) is 12.1 Å². The largest absolute Gasteiger partial charge is 0.478 e. The van der Waals surface area contributed by atoms with Crippen molar-refractivity contribution < 1.29 is 9.90 Å². The Morgan fingerprint density at radius 3 is 3.06 bits per heavy atom. The van der Waals surface area contributed by atoms with E-state index in [-0.39, 0.29) is 0 Å². The first kappa shape index (κ1) is 11.3. The average Bonchev–Trinajstić information content (AvgIpc) is 2.27. The van der Waals surface area contributed by atoms with Gasteiger partial charge in [-0.25, -0.2) is 4.79 Å². The number of aliphatic carboxylic acids is 1. The van der Waals surface area contributed by atoms with E-state index in [2.05, 4.69) is 12.1 Å². The minimum atomic E-state index is -0.885. The molecule has 0 amide bonds. The number of benzene rings is 1. The van der Waals surface area contributed by atoms with Gasteiger partial charge in [-0.15, -0.1) is 11.8 Å². The molecule has 2 nitrogen and oxygen atoms in total. The smallest absolute Gasteiger partial charge is 0.328 e. The van der Waals surface area contributed by atoms with E-state index in [1.54, 1.807) is 0 Å². The summed E-state index contributed by atoms with van der Waals surface area (Å²) in [7, 11) is 0. The molecule has 0 saturated heterocycles. The summed E-state index contributed by atoms with van der Waals surface area (Å²) in [4.78, 5) is 11.9. The lowest BCUT2D eigenvalue weighted by Gasteiger charge is -2.16. The van der Waals surface area contributed by atoms with Crippen molar-refractivity contribution in [2.75, 3.05) is 5.75 Å². The van der Waals surface area contributed by atoms with Crippen LogP contribution >= 0.6 is 11.8 Å². The van der Waals surface area contributed by atoms with Crippen molar-refractivity contribution in [3.8, 4) is 0 Å². The first-order chi connectivity index (χ1) is 7.66. The predicted octanol–water partition coefficient (Wildman–Crippen LogP) is 3.21. The van der Waals surface area contributed by atoms with Crippen molar-refractivity contribution >= 4 is 23.3 Å². The lowest BCUT2D eigenvalue weighted by molar-refractivity contribution is -0.131. The molecule has 0 fully saturated rings. The summed E-state index contributed by atoms with van der Waals surface area (Å²) in [5, 5.41) is 8.70. The van der Waals surface area contributed by atoms with Crippen LogP contribution in [-0.2, 0) is 11.2 Å². The van der Waals surface area contributed by atoms with Crippen molar-refractivity contribution in [3.63, 3.8) is 0 Å². The van der Waals surface area contributed by atoms with Gasteiger partial charge in [-0.05, 0) is 48.3 Å². The van der Waals surface area contributed by atoms with Gasteiger partial charge < -0.3 is 5.11 Å². The number of hydrogen-bond donors (Lipinski definition) is 1. The second-order valence-electron chi connectivity index (χ2n) is 3.94. The molecule has 1 aliphatic rings. The van der Waals surface area contributed by atoms with Gasteiger partial charge in [0.05, 0.1) is 0 Å². The molecule has 0 atom stereocenters. The van der Waals surface area contributed by atoms with Crippen LogP contribution < -0.4 is 0 Å². The van der Waals surface area contributed by atoms with E-state index in [9.17, 15) is 4.79 Å². The molecule has 0 spiro atoms.